The number of carboxylic acid groups (broad SMARTS) is 1. The second-order valence-corrected chi connectivity index (χ2v) is 6.29. The van der Waals surface area contributed by atoms with Crippen molar-refractivity contribution in [3.05, 3.63) is 40.4 Å². The summed E-state index contributed by atoms with van der Waals surface area (Å²) in [5.74, 6) is -1.27. The van der Waals surface area contributed by atoms with Crippen LogP contribution in [0.4, 0.5) is 4.79 Å². The molecule has 0 aliphatic carbocycles. The molecule has 3 unspecified atom stereocenters. The summed E-state index contributed by atoms with van der Waals surface area (Å²) in [5, 5.41) is 14.8. The van der Waals surface area contributed by atoms with E-state index in [0.717, 1.165) is 0 Å². The molecule has 0 bridgehead atoms. The summed E-state index contributed by atoms with van der Waals surface area (Å²) in [6, 6.07) is 5.63. The number of carbonyl (C=O) groups is 2. The summed E-state index contributed by atoms with van der Waals surface area (Å²) < 4.78 is 10.2. The van der Waals surface area contributed by atoms with E-state index >= 15 is 0 Å². The van der Waals surface area contributed by atoms with Gasteiger partial charge in [0.15, 0.2) is 0 Å². The van der Waals surface area contributed by atoms with Gasteiger partial charge in [0.1, 0.15) is 12.0 Å². The van der Waals surface area contributed by atoms with Gasteiger partial charge in [0, 0.05) is 13.2 Å². The molecule has 1 fully saturated rings. The van der Waals surface area contributed by atoms with Gasteiger partial charge in [-0.05, 0) is 36.6 Å². The maximum Gasteiger partial charge on any atom is 1.00 e. The first-order chi connectivity index (χ1) is 12.4. The molecule has 0 radical (unpaired) electrons. The zero-order valence-corrected chi connectivity index (χ0v) is 17.2. The molecular weight excluding hydrogens is 365 g/mol. The molecule has 1 amide bonds. The number of primary amides is 1. The second-order valence-electron chi connectivity index (χ2n) is 6.29. The molecule has 2 aliphatic rings. The Morgan fingerprint density at radius 2 is 1.96 bits per heavy atom. The topological polar surface area (TPSA) is 134 Å². The van der Waals surface area contributed by atoms with E-state index in [9.17, 15) is 19.6 Å². The van der Waals surface area contributed by atoms with Crippen LogP contribution in [0.15, 0.2) is 35.1 Å². The normalized spacial score (nSPS) is 24.4. The molecule has 138 valence electrons. The Morgan fingerprint density at radius 1 is 1.33 bits per heavy atom. The predicted octanol–water partition coefficient (Wildman–Crippen LogP) is -2.56. The van der Waals surface area contributed by atoms with Gasteiger partial charge >= 0.3 is 35.7 Å². The minimum atomic E-state index is -1.31. The van der Waals surface area contributed by atoms with Crippen molar-refractivity contribution in [2.24, 2.45) is 16.8 Å². The van der Waals surface area contributed by atoms with E-state index in [1.807, 2.05) is 0 Å². The maximum atomic E-state index is 11.8. The van der Waals surface area contributed by atoms with Gasteiger partial charge in [-0.3, -0.25) is 0 Å². The molecule has 2 aliphatic heterocycles. The quantitative estimate of drug-likeness (QED) is 0.422. The van der Waals surface area contributed by atoms with Crippen LogP contribution in [-0.4, -0.2) is 42.4 Å². The van der Waals surface area contributed by atoms with E-state index in [4.69, 9.17) is 15.2 Å². The molecule has 0 saturated carbocycles. The molecule has 1 aromatic carbocycles. The SMILES string of the molecule is CO[C@@H]1C(C(C)N=O)C2CC(c3ccc(OC(N)=O)cc3)=C(C(=O)[O-])N21.[Na+]. The Balaban J connectivity index is 0.00000261. The minimum Gasteiger partial charge on any atom is -0.543 e. The number of nitrogens with zero attached hydrogens (tertiary/aromatic N) is 2. The summed E-state index contributed by atoms with van der Waals surface area (Å²) >= 11 is 0. The van der Waals surface area contributed by atoms with Crippen molar-refractivity contribution >= 4 is 17.6 Å². The van der Waals surface area contributed by atoms with Gasteiger partial charge in [-0.2, -0.15) is 4.91 Å². The van der Waals surface area contributed by atoms with Crippen LogP contribution in [0.2, 0.25) is 0 Å². The zero-order valence-electron chi connectivity index (χ0n) is 15.2. The molecular formula is C17H18N3NaO6. The van der Waals surface area contributed by atoms with Crippen molar-refractivity contribution in [1.29, 1.82) is 0 Å². The molecule has 10 heteroatoms. The molecule has 27 heavy (non-hydrogen) atoms. The molecule has 1 aromatic rings. The number of methoxy groups -OCH3 is 1. The van der Waals surface area contributed by atoms with Crippen molar-refractivity contribution < 1.29 is 53.7 Å². The summed E-state index contributed by atoms with van der Waals surface area (Å²) in [5.41, 5.74) is 6.23. The van der Waals surface area contributed by atoms with Crippen molar-refractivity contribution in [1.82, 2.24) is 4.90 Å². The predicted molar refractivity (Wildman–Crippen MR) is 88.4 cm³/mol. The number of hydrogen-bond acceptors (Lipinski definition) is 8. The zero-order chi connectivity index (χ0) is 19.0. The van der Waals surface area contributed by atoms with Crippen LogP contribution in [0.5, 0.6) is 5.75 Å². The number of amides is 1. The van der Waals surface area contributed by atoms with Crippen molar-refractivity contribution in [2.45, 2.75) is 31.7 Å². The van der Waals surface area contributed by atoms with E-state index in [0.29, 0.717) is 17.6 Å². The number of hydrogen-bond donors (Lipinski definition) is 1. The molecule has 1 saturated heterocycles. The minimum absolute atomic E-state index is 0. The third kappa shape index (κ3) is 3.73. The molecule has 0 aromatic heterocycles. The van der Waals surface area contributed by atoms with Crippen LogP contribution in [0.1, 0.15) is 18.9 Å². The summed E-state index contributed by atoms with van der Waals surface area (Å²) in [6.07, 6.45) is -1.06. The number of aliphatic carboxylic acids is 1. The fourth-order valence-electron chi connectivity index (χ4n) is 3.86. The first-order valence-electron chi connectivity index (χ1n) is 8.04. The van der Waals surface area contributed by atoms with Gasteiger partial charge in [-0.1, -0.05) is 17.3 Å². The number of rotatable bonds is 6. The molecule has 3 rings (SSSR count). The fourth-order valence-corrected chi connectivity index (χ4v) is 3.86. The van der Waals surface area contributed by atoms with Crippen LogP contribution in [0.25, 0.3) is 5.57 Å². The molecule has 2 heterocycles. The smallest absolute Gasteiger partial charge is 0.543 e. The molecule has 0 spiro atoms. The number of carboxylic acids is 1. The number of fused-ring (bicyclic) bond motifs is 1. The van der Waals surface area contributed by atoms with Crippen LogP contribution < -0.4 is 45.1 Å². The van der Waals surface area contributed by atoms with Gasteiger partial charge in [0.05, 0.1) is 23.6 Å². The summed E-state index contributed by atoms with van der Waals surface area (Å²) in [7, 11) is 1.46. The van der Waals surface area contributed by atoms with Crippen molar-refractivity contribution in [2.75, 3.05) is 7.11 Å². The first-order valence-corrected chi connectivity index (χ1v) is 8.04. The number of nitroso groups, excluding NO2 is 1. The standard InChI is InChI=1S/C17H19N3O6.Na/c1-8(19-24)13-12-7-11(14(16(21)22)20(12)15(13)25-2)9-3-5-10(6-4-9)26-17(18)23;/h3-6,8,12-13,15H,7H2,1-2H3,(H2,18,23)(H,21,22);/q;+1/p-1/t8?,12?,13?,15-;/m1./s1. The van der Waals surface area contributed by atoms with Gasteiger partial charge < -0.3 is 30.0 Å². The number of nitrogens with two attached hydrogens (primary N) is 1. The Morgan fingerprint density at radius 3 is 2.44 bits per heavy atom. The van der Waals surface area contributed by atoms with Gasteiger partial charge in [0.25, 0.3) is 0 Å². The molecule has 4 atom stereocenters. The Kier molecular flexibility index (Phi) is 6.63. The van der Waals surface area contributed by atoms with E-state index in [1.54, 1.807) is 24.0 Å². The number of benzene rings is 1. The third-order valence-corrected chi connectivity index (χ3v) is 4.94. The summed E-state index contributed by atoms with van der Waals surface area (Å²) in [6.45, 7) is 1.69. The Labute approximate surface area is 177 Å². The van der Waals surface area contributed by atoms with Crippen LogP contribution in [0, 0.1) is 10.8 Å². The number of ether oxygens (including phenoxy) is 2. The summed E-state index contributed by atoms with van der Waals surface area (Å²) in [4.78, 5) is 35.1. The monoisotopic (exact) mass is 383 g/mol. The van der Waals surface area contributed by atoms with Crippen LogP contribution in [0.3, 0.4) is 0 Å². The van der Waals surface area contributed by atoms with Crippen LogP contribution in [-0.2, 0) is 9.53 Å². The molecule has 2 N–H and O–H groups in total. The van der Waals surface area contributed by atoms with Gasteiger partial charge in [-0.25, -0.2) is 4.79 Å². The second kappa shape index (κ2) is 8.39. The van der Waals surface area contributed by atoms with Crippen molar-refractivity contribution in [3.8, 4) is 5.75 Å². The molecule has 9 nitrogen and oxygen atoms in total. The van der Waals surface area contributed by atoms with Crippen molar-refractivity contribution in [3.63, 3.8) is 0 Å². The van der Waals surface area contributed by atoms with Crippen LogP contribution >= 0.6 is 0 Å². The Bertz CT molecular complexity index is 781. The average Bonchev–Trinajstić information content (AvgIpc) is 2.91. The fraction of sp³-hybridized carbons (Fsp3) is 0.412. The van der Waals surface area contributed by atoms with E-state index < -0.39 is 24.3 Å². The van der Waals surface area contributed by atoms with Gasteiger partial charge in [-0.15, -0.1) is 0 Å². The number of carbonyl (C=O) groups excluding carboxylic acids is 2. The van der Waals surface area contributed by atoms with Gasteiger partial charge in [0.2, 0.25) is 0 Å². The Hall–Kier alpha value is -1.94. The average molecular weight is 383 g/mol. The van der Waals surface area contributed by atoms with E-state index in [-0.39, 0.29) is 53.0 Å². The van der Waals surface area contributed by atoms with E-state index in [1.165, 1.54) is 19.2 Å². The van der Waals surface area contributed by atoms with E-state index in [2.05, 4.69) is 5.18 Å². The maximum absolute atomic E-state index is 11.8. The first kappa shape index (κ1) is 21.4. The third-order valence-electron chi connectivity index (χ3n) is 4.94. The largest absolute Gasteiger partial charge is 1.00 e.